The number of hydrogen-bond acceptors (Lipinski definition) is 1. The Labute approximate surface area is 105 Å². The number of benzene rings is 1. The van der Waals surface area contributed by atoms with E-state index in [1.807, 2.05) is 0 Å². The van der Waals surface area contributed by atoms with Gasteiger partial charge >= 0.3 is 0 Å². The third kappa shape index (κ3) is 3.39. The zero-order chi connectivity index (χ0) is 12.3. The molecule has 1 nitrogen and oxygen atoms in total. The summed E-state index contributed by atoms with van der Waals surface area (Å²) < 4.78 is 26.7. The summed E-state index contributed by atoms with van der Waals surface area (Å²) in [5.41, 5.74) is 0.125. The SMILES string of the molecule is Fc1cccc(F)c1CNC1CCC(Cl)CC1. The van der Waals surface area contributed by atoms with Crippen molar-refractivity contribution in [2.45, 2.75) is 43.6 Å². The zero-order valence-electron chi connectivity index (χ0n) is 9.56. The molecule has 0 aromatic heterocycles. The molecule has 1 N–H and O–H groups in total. The highest BCUT2D eigenvalue weighted by molar-refractivity contribution is 6.20. The Morgan fingerprint density at radius 2 is 1.71 bits per heavy atom. The van der Waals surface area contributed by atoms with Gasteiger partial charge in [0, 0.05) is 23.5 Å². The maximum atomic E-state index is 13.4. The van der Waals surface area contributed by atoms with Crippen molar-refractivity contribution < 1.29 is 8.78 Å². The molecule has 0 saturated heterocycles. The van der Waals surface area contributed by atoms with Crippen LogP contribution < -0.4 is 5.32 Å². The lowest BCUT2D eigenvalue weighted by Crippen LogP contribution is -2.33. The van der Waals surface area contributed by atoms with Crippen molar-refractivity contribution in [2.24, 2.45) is 0 Å². The minimum atomic E-state index is -0.483. The molecule has 0 atom stereocenters. The van der Waals surface area contributed by atoms with Crippen molar-refractivity contribution >= 4 is 11.6 Å². The molecule has 0 radical (unpaired) electrons. The molecular weight excluding hydrogens is 244 g/mol. The van der Waals surface area contributed by atoms with E-state index in [0.29, 0.717) is 6.04 Å². The summed E-state index contributed by atoms with van der Waals surface area (Å²) in [6, 6.07) is 4.28. The Kier molecular flexibility index (Phi) is 4.35. The molecule has 0 amide bonds. The van der Waals surface area contributed by atoms with Crippen molar-refractivity contribution in [1.82, 2.24) is 5.32 Å². The monoisotopic (exact) mass is 259 g/mol. The third-order valence-electron chi connectivity index (χ3n) is 3.29. The van der Waals surface area contributed by atoms with E-state index in [9.17, 15) is 8.78 Å². The highest BCUT2D eigenvalue weighted by Gasteiger charge is 2.19. The molecule has 17 heavy (non-hydrogen) atoms. The van der Waals surface area contributed by atoms with Gasteiger partial charge in [-0.25, -0.2) is 8.78 Å². The van der Waals surface area contributed by atoms with Gasteiger partial charge in [-0.2, -0.15) is 0 Å². The largest absolute Gasteiger partial charge is 0.310 e. The van der Waals surface area contributed by atoms with Crippen molar-refractivity contribution in [1.29, 1.82) is 0 Å². The lowest BCUT2D eigenvalue weighted by molar-refractivity contribution is 0.370. The van der Waals surface area contributed by atoms with E-state index in [1.54, 1.807) is 0 Å². The fourth-order valence-electron chi connectivity index (χ4n) is 2.20. The minimum Gasteiger partial charge on any atom is -0.310 e. The van der Waals surface area contributed by atoms with E-state index in [0.717, 1.165) is 25.7 Å². The van der Waals surface area contributed by atoms with Crippen LogP contribution in [0.2, 0.25) is 0 Å². The predicted molar refractivity (Wildman–Crippen MR) is 65.1 cm³/mol. The summed E-state index contributed by atoms with van der Waals surface area (Å²) in [7, 11) is 0. The summed E-state index contributed by atoms with van der Waals surface area (Å²) in [4.78, 5) is 0. The van der Waals surface area contributed by atoms with Crippen molar-refractivity contribution in [3.63, 3.8) is 0 Å². The molecular formula is C13H16ClF2N. The normalized spacial score (nSPS) is 24.9. The first-order valence-corrected chi connectivity index (χ1v) is 6.41. The first-order valence-electron chi connectivity index (χ1n) is 5.97. The van der Waals surface area contributed by atoms with Gasteiger partial charge in [-0.3, -0.25) is 0 Å². The van der Waals surface area contributed by atoms with Gasteiger partial charge in [-0.15, -0.1) is 11.6 Å². The molecule has 0 aliphatic heterocycles. The van der Waals surface area contributed by atoms with Crippen LogP contribution in [0.25, 0.3) is 0 Å². The Bertz CT molecular complexity index is 355. The van der Waals surface area contributed by atoms with Gasteiger partial charge < -0.3 is 5.32 Å². The van der Waals surface area contributed by atoms with Crippen LogP contribution in [0.1, 0.15) is 31.2 Å². The van der Waals surface area contributed by atoms with Gasteiger partial charge in [-0.05, 0) is 37.8 Å². The molecule has 1 aliphatic rings. The van der Waals surface area contributed by atoms with Crippen LogP contribution in [0, 0.1) is 11.6 Å². The van der Waals surface area contributed by atoms with Crippen LogP contribution in [0.3, 0.4) is 0 Å². The first-order chi connectivity index (χ1) is 8.16. The number of halogens is 3. The molecule has 4 heteroatoms. The second-order valence-corrected chi connectivity index (χ2v) is 5.15. The number of rotatable bonds is 3. The Balaban J connectivity index is 1.89. The standard InChI is InChI=1S/C13H16ClF2N/c14-9-4-6-10(7-5-9)17-8-11-12(15)2-1-3-13(11)16/h1-3,9-10,17H,4-8H2. The average molecular weight is 260 g/mol. The molecule has 1 aromatic rings. The molecule has 2 rings (SSSR count). The minimum absolute atomic E-state index is 0.125. The topological polar surface area (TPSA) is 12.0 Å². The van der Waals surface area contributed by atoms with Crippen LogP contribution in [0.15, 0.2) is 18.2 Å². The van der Waals surface area contributed by atoms with E-state index in [4.69, 9.17) is 11.6 Å². The summed E-state index contributed by atoms with van der Waals surface area (Å²) in [6.45, 7) is 0.246. The fraction of sp³-hybridized carbons (Fsp3) is 0.538. The first kappa shape index (κ1) is 12.8. The number of alkyl halides is 1. The van der Waals surface area contributed by atoms with E-state index in [-0.39, 0.29) is 17.5 Å². The molecule has 1 aliphatic carbocycles. The maximum absolute atomic E-state index is 13.4. The van der Waals surface area contributed by atoms with Gasteiger partial charge in [0.05, 0.1) is 0 Å². The fourth-order valence-corrected chi connectivity index (χ4v) is 2.46. The predicted octanol–water partition coefficient (Wildman–Crippen LogP) is 3.60. The maximum Gasteiger partial charge on any atom is 0.130 e. The second-order valence-electron chi connectivity index (χ2n) is 4.53. The molecule has 1 fully saturated rings. The Morgan fingerprint density at radius 3 is 2.29 bits per heavy atom. The summed E-state index contributed by atoms with van der Waals surface area (Å²) in [6.07, 6.45) is 3.90. The van der Waals surface area contributed by atoms with Crippen molar-refractivity contribution in [3.05, 3.63) is 35.4 Å². The quantitative estimate of drug-likeness (QED) is 0.818. The van der Waals surface area contributed by atoms with Gasteiger partial charge in [-0.1, -0.05) is 6.07 Å². The Morgan fingerprint density at radius 1 is 1.12 bits per heavy atom. The molecule has 1 saturated carbocycles. The lowest BCUT2D eigenvalue weighted by atomic mass is 9.95. The molecule has 1 aromatic carbocycles. The van der Waals surface area contributed by atoms with Gasteiger partial charge in [0.15, 0.2) is 0 Å². The van der Waals surface area contributed by atoms with Crippen LogP contribution >= 0.6 is 11.6 Å². The zero-order valence-corrected chi connectivity index (χ0v) is 10.3. The van der Waals surface area contributed by atoms with Crippen LogP contribution in [-0.4, -0.2) is 11.4 Å². The van der Waals surface area contributed by atoms with E-state index >= 15 is 0 Å². The summed E-state index contributed by atoms with van der Waals surface area (Å²) in [5.74, 6) is -0.966. The smallest absolute Gasteiger partial charge is 0.130 e. The number of hydrogen-bond donors (Lipinski definition) is 1. The molecule has 0 spiro atoms. The molecule has 0 unspecified atom stereocenters. The molecule has 0 bridgehead atoms. The van der Waals surface area contributed by atoms with Crippen LogP contribution in [0.5, 0.6) is 0 Å². The van der Waals surface area contributed by atoms with Crippen LogP contribution in [0.4, 0.5) is 8.78 Å². The average Bonchev–Trinajstić information content (AvgIpc) is 2.31. The van der Waals surface area contributed by atoms with E-state index < -0.39 is 11.6 Å². The highest BCUT2D eigenvalue weighted by atomic mass is 35.5. The van der Waals surface area contributed by atoms with Gasteiger partial charge in [0.25, 0.3) is 0 Å². The molecule has 94 valence electrons. The van der Waals surface area contributed by atoms with Crippen LogP contribution in [-0.2, 0) is 6.54 Å². The van der Waals surface area contributed by atoms with Crippen molar-refractivity contribution in [3.8, 4) is 0 Å². The van der Waals surface area contributed by atoms with Gasteiger partial charge in [0.1, 0.15) is 11.6 Å². The number of nitrogens with one attached hydrogen (secondary N) is 1. The molecule has 0 heterocycles. The summed E-state index contributed by atoms with van der Waals surface area (Å²) >= 11 is 6.00. The third-order valence-corrected chi connectivity index (χ3v) is 3.72. The lowest BCUT2D eigenvalue weighted by Gasteiger charge is -2.26. The van der Waals surface area contributed by atoms with E-state index in [1.165, 1.54) is 18.2 Å². The highest BCUT2D eigenvalue weighted by Crippen LogP contribution is 2.23. The van der Waals surface area contributed by atoms with Gasteiger partial charge in [0.2, 0.25) is 0 Å². The Hall–Kier alpha value is -0.670. The van der Waals surface area contributed by atoms with Crippen molar-refractivity contribution in [2.75, 3.05) is 0 Å². The van der Waals surface area contributed by atoms with E-state index in [2.05, 4.69) is 5.32 Å². The summed E-state index contributed by atoms with van der Waals surface area (Å²) in [5, 5.41) is 3.46. The second kappa shape index (κ2) is 5.78.